The molecule has 0 atom stereocenters. The minimum Gasteiger partial charge on any atom is -0.343 e. The van der Waals surface area contributed by atoms with Crippen LogP contribution in [0.3, 0.4) is 0 Å². The van der Waals surface area contributed by atoms with Crippen LogP contribution in [0.15, 0.2) is 52.1 Å². The van der Waals surface area contributed by atoms with Crippen molar-refractivity contribution in [1.82, 2.24) is 25.3 Å². The van der Waals surface area contributed by atoms with Gasteiger partial charge < -0.3 is 10.6 Å². The average molecular weight is 485 g/mol. The van der Waals surface area contributed by atoms with E-state index in [1.165, 1.54) is 35.0 Å². The van der Waals surface area contributed by atoms with Gasteiger partial charge in [0.25, 0.3) is 17.0 Å². The number of carbonyl (C=O) groups is 2. The van der Waals surface area contributed by atoms with Gasteiger partial charge in [0.05, 0.1) is 40.8 Å². The minimum atomic E-state index is -0.618. The minimum absolute atomic E-state index is 0.0203. The highest BCUT2D eigenvalue weighted by Gasteiger charge is 2.21. The summed E-state index contributed by atoms with van der Waals surface area (Å²) >= 11 is 6.34. The van der Waals surface area contributed by atoms with Crippen molar-refractivity contribution < 1.29 is 14.0 Å². The average Bonchev–Trinajstić information content (AvgIpc) is 3.09. The second-order valence-corrected chi connectivity index (χ2v) is 7.76. The highest BCUT2D eigenvalue weighted by Crippen LogP contribution is 2.21. The molecule has 12 heteroatoms. The Bertz CT molecular complexity index is 1520. The van der Waals surface area contributed by atoms with Crippen molar-refractivity contribution in [2.75, 3.05) is 11.9 Å². The summed E-state index contributed by atoms with van der Waals surface area (Å²) in [7, 11) is 0. The van der Waals surface area contributed by atoms with Gasteiger partial charge in [0, 0.05) is 0 Å². The SMILES string of the molecule is Cc1nn(Cc2ccc(F)cc2)c(Cl)c1C(=O)NCC(=O)Nc1cccc2c(=O)[nH][nH]c(=O)c12. The predicted molar refractivity (Wildman–Crippen MR) is 124 cm³/mol. The quantitative estimate of drug-likeness (QED) is 0.331. The first kappa shape index (κ1) is 22.9. The van der Waals surface area contributed by atoms with E-state index in [1.807, 2.05) is 0 Å². The molecule has 2 heterocycles. The molecule has 0 saturated heterocycles. The third-order valence-corrected chi connectivity index (χ3v) is 5.43. The van der Waals surface area contributed by atoms with Crippen LogP contribution < -0.4 is 21.8 Å². The Hall–Kier alpha value is -4.25. The molecule has 34 heavy (non-hydrogen) atoms. The number of halogens is 2. The molecule has 4 aromatic rings. The van der Waals surface area contributed by atoms with Crippen LogP contribution in [-0.2, 0) is 11.3 Å². The molecule has 0 bridgehead atoms. The third kappa shape index (κ3) is 4.59. The Labute approximate surface area is 195 Å². The maximum atomic E-state index is 13.1. The van der Waals surface area contributed by atoms with Gasteiger partial charge in [-0.1, -0.05) is 29.8 Å². The number of carbonyl (C=O) groups excluding carboxylic acids is 2. The van der Waals surface area contributed by atoms with Crippen LogP contribution in [0.25, 0.3) is 10.8 Å². The van der Waals surface area contributed by atoms with Crippen LogP contribution in [0.2, 0.25) is 5.15 Å². The molecule has 2 aromatic heterocycles. The number of rotatable bonds is 6. The molecular formula is C22H18ClFN6O4. The number of nitrogens with zero attached hydrogens (tertiary/aromatic N) is 2. The third-order valence-electron chi connectivity index (χ3n) is 5.05. The van der Waals surface area contributed by atoms with Crippen LogP contribution >= 0.6 is 11.6 Å². The van der Waals surface area contributed by atoms with Crippen molar-refractivity contribution in [3.05, 3.63) is 91.0 Å². The van der Waals surface area contributed by atoms with E-state index >= 15 is 0 Å². The number of hydrogen-bond acceptors (Lipinski definition) is 5. The predicted octanol–water partition coefficient (Wildman–Crippen LogP) is 1.93. The van der Waals surface area contributed by atoms with Crippen LogP contribution in [0.5, 0.6) is 0 Å². The summed E-state index contributed by atoms with van der Waals surface area (Å²) in [6.07, 6.45) is 0. The molecule has 4 rings (SSSR count). The van der Waals surface area contributed by atoms with Gasteiger partial charge in [0.2, 0.25) is 5.91 Å². The normalized spacial score (nSPS) is 10.9. The topological polar surface area (TPSA) is 142 Å². The number of aryl methyl sites for hydroxylation is 1. The van der Waals surface area contributed by atoms with Crippen LogP contribution in [-0.4, -0.2) is 38.3 Å². The highest BCUT2D eigenvalue weighted by molar-refractivity contribution is 6.33. The summed E-state index contributed by atoms with van der Waals surface area (Å²) in [6.45, 7) is 1.40. The van der Waals surface area contributed by atoms with Crippen molar-refractivity contribution in [1.29, 1.82) is 0 Å². The molecule has 0 unspecified atom stereocenters. The Kier molecular flexibility index (Phi) is 6.28. The van der Waals surface area contributed by atoms with Gasteiger partial charge in [-0.05, 0) is 36.8 Å². The van der Waals surface area contributed by atoms with Crippen LogP contribution in [0.4, 0.5) is 10.1 Å². The summed E-state index contributed by atoms with van der Waals surface area (Å²) in [5.41, 5.74) is 0.230. The molecule has 10 nitrogen and oxygen atoms in total. The zero-order valence-electron chi connectivity index (χ0n) is 17.7. The van der Waals surface area contributed by atoms with E-state index in [0.29, 0.717) is 5.69 Å². The first-order valence-electron chi connectivity index (χ1n) is 10.0. The number of amides is 2. The van der Waals surface area contributed by atoms with Gasteiger partial charge >= 0.3 is 0 Å². The molecule has 0 saturated carbocycles. The molecule has 0 aliphatic heterocycles. The lowest BCUT2D eigenvalue weighted by Gasteiger charge is -2.09. The van der Waals surface area contributed by atoms with Crippen molar-refractivity contribution in [2.45, 2.75) is 13.5 Å². The number of anilines is 1. The lowest BCUT2D eigenvalue weighted by atomic mass is 10.1. The Morgan fingerprint density at radius 1 is 1.09 bits per heavy atom. The van der Waals surface area contributed by atoms with Gasteiger partial charge in [0.15, 0.2) is 0 Å². The van der Waals surface area contributed by atoms with Crippen LogP contribution in [0.1, 0.15) is 21.6 Å². The maximum Gasteiger partial charge on any atom is 0.272 e. The molecule has 4 N–H and O–H groups in total. The van der Waals surface area contributed by atoms with Gasteiger partial charge in [-0.2, -0.15) is 5.10 Å². The lowest BCUT2D eigenvalue weighted by Crippen LogP contribution is -2.33. The second-order valence-electron chi connectivity index (χ2n) is 7.40. The second kappa shape index (κ2) is 9.32. The van der Waals surface area contributed by atoms with Gasteiger partial charge in [-0.3, -0.25) is 29.4 Å². The first-order chi connectivity index (χ1) is 16.2. The van der Waals surface area contributed by atoms with Crippen molar-refractivity contribution in [2.24, 2.45) is 0 Å². The molecule has 0 fully saturated rings. The van der Waals surface area contributed by atoms with Crippen molar-refractivity contribution >= 4 is 39.9 Å². The number of fused-ring (bicyclic) bond motifs is 1. The summed E-state index contributed by atoms with van der Waals surface area (Å²) < 4.78 is 14.5. The zero-order chi connectivity index (χ0) is 24.4. The smallest absolute Gasteiger partial charge is 0.272 e. The Morgan fingerprint density at radius 2 is 1.79 bits per heavy atom. The molecule has 0 spiro atoms. The summed E-state index contributed by atoms with van der Waals surface area (Å²) in [6, 6.07) is 10.2. The number of nitrogens with one attached hydrogen (secondary N) is 4. The number of aromatic amines is 2. The highest BCUT2D eigenvalue weighted by atomic mass is 35.5. The summed E-state index contributed by atoms with van der Waals surface area (Å²) in [5, 5.41) is 13.9. The fourth-order valence-electron chi connectivity index (χ4n) is 3.46. The van der Waals surface area contributed by atoms with Gasteiger partial charge in [-0.25, -0.2) is 9.07 Å². The van der Waals surface area contributed by atoms with E-state index in [2.05, 4.69) is 25.9 Å². The fourth-order valence-corrected chi connectivity index (χ4v) is 3.78. The molecule has 174 valence electrons. The van der Waals surface area contributed by atoms with Crippen molar-refractivity contribution in [3.8, 4) is 0 Å². The fraction of sp³-hybridized carbons (Fsp3) is 0.136. The summed E-state index contributed by atoms with van der Waals surface area (Å²) in [5.74, 6) is -1.60. The van der Waals surface area contributed by atoms with E-state index in [1.54, 1.807) is 19.1 Å². The Balaban J connectivity index is 1.46. The van der Waals surface area contributed by atoms with Crippen molar-refractivity contribution in [3.63, 3.8) is 0 Å². The van der Waals surface area contributed by atoms with E-state index in [-0.39, 0.29) is 39.5 Å². The van der Waals surface area contributed by atoms with E-state index in [9.17, 15) is 23.6 Å². The Morgan fingerprint density at radius 3 is 2.53 bits per heavy atom. The maximum absolute atomic E-state index is 13.1. The van der Waals surface area contributed by atoms with Crippen LogP contribution in [0, 0.1) is 12.7 Å². The van der Waals surface area contributed by atoms with E-state index in [0.717, 1.165) is 5.56 Å². The molecule has 2 aromatic carbocycles. The first-order valence-corrected chi connectivity index (χ1v) is 10.4. The molecule has 0 aliphatic carbocycles. The van der Waals surface area contributed by atoms with Gasteiger partial charge in [0.1, 0.15) is 11.0 Å². The number of aromatic nitrogens is 4. The monoisotopic (exact) mass is 484 g/mol. The number of H-pyrrole nitrogens is 2. The van der Waals surface area contributed by atoms with Gasteiger partial charge in [-0.15, -0.1) is 0 Å². The van der Waals surface area contributed by atoms with E-state index in [4.69, 9.17) is 11.6 Å². The lowest BCUT2D eigenvalue weighted by molar-refractivity contribution is -0.115. The number of benzene rings is 2. The number of hydrogen-bond donors (Lipinski definition) is 4. The zero-order valence-corrected chi connectivity index (χ0v) is 18.5. The molecule has 2 amide bonds. The molecule has 0 radical (unpaired) electrons. The largest absolute Gasteiger partial charge is 0.343 e. The van der Waals surface area contributed by atoms with E-state index < -0.39 is 29.5 Å². The summed E-state index contributed by atoms with van der Waals surface area (Å²) in [4.78, 5) is 49.1. The standard InChI is InChI=1S/C22H18ClFN6O4/c1-11-17(19(23)30(29-11)10-12-5-7-13(24)8-6-12)21(33)25-9-16(31)26-15-4-2-3-14-18(15)22(34)28-27-20(14)32/h2-8H,9-10H2,1H3,(H,25,33)(H,26,31)(H,27,32)(H,28,34). The molecule has 0 aliphatic rings. The molecular weight excluding hydrogens is 467 g/mol.